The van der Waals surface area contributed by atoms with E-state index < -0.39 is 0 Å². The molecule has 0 aliphatic rings. The fourth-order valence-corrected chi connectivity index (χ4v) is 1.64. The molecule has 0 bridgehead atoms. The molecular formula is C14H11N5. The average molecular weight is 249 g/mol. The minimum absolute atomic E-state index is 0.521. The largest absolute Gasteiger partial charge is 0.309 e. The number of nitrogens with one attached hydrogen (secondary N) is 1. The van der Waals surface area contributed by atoms with Crippen molar-refractivity contribution in [3.05, 3.63) is 61.1 Å². The van der Waals surface area contributed by atoms with Crippen molar-refractivity contribution in [1.82, 2.24) is 19.9 Å². The maximum atomic E-state index is 4.48. The predicted octanol–water partition coefficient (Wildman–Crippen LogP) is 2.68. The molecule has 3 aromatic rings. The Hall–Kier alpha value is -2.82. The maximum Gasteiger partial charge on any atom is 0.228 e. The van der Waals surface area contributed by atoms with Crippen LogP contribution >= 0.6 is 0 Å². The van der Waals surface area contributed by atoms with Crippen LogP contribution in [0.1, 0.15) is 0 Å². The molecule has 5 heteroatoms. The summed E-state index contributed by atoms with van der Waals surface area (Å²) in [5.41, 5.74) is 1.64. The molecule has 1 N–H and O–H groups in total. The maximum absolute atomic E-state index is 4.48. The van der Waals surface area contributed by atoms with Crippen LogP contribution in [0, 0.1) is 0 Å². The molecule has 0 aliphatic carbocycles. The first-order valence-corrected chi connectivity index (χ1v) is 5.84. The Morgan fingerprint density at radius 3 is 2.26 bits per heavy atom. The second-order valence-electron chi connectivity index (χ2n) is 3.82. The lowest BCUT2D eigenvalue weighted by Gasteiger charge is -2.05. The molecule has 0 fully saturated rings. The smallest absolute Gasteiger partial charge is 0.228 e. The van der Waals surface area contributed by atoms with Crippen LogP contribution in [0.3, 0.4) is 0 Å². The van der Waals surface area contributed by atoms with Gasteiger partial charge in [-0.1, -0.05) is 12.1 Å². The van der Waals surface area contributed by atoms with Gasteiger partial charge in [-0.3, -0.25) is 4.98 Å². The standard InChI is InChI=1S/C14H11N5/c1-2-8-15-11(5-1)12-6-3-7-13(18-12)19-14-16-9-4-10-17-14/h1-10H,(H,16,17,18,19). The fraction of sp³-hybridized carbons (Fsp3) is 0. The van der Waals surface area contributed by atoms with Crippen LogP contribution in [0.15, 0.2) is 61.1 Å². The van der Waals surface area contributed by atoms with E-state index in [1.165, 1.54) is 0 Å². The molecule has 0 unspecified atom stereocenters. The lowest BCUT2D eigenvalue weighted by atomic mass is 10.2. The van der Waals surface area contributed by atoms with Crippen LogP contribution < -0.4 is 5.32 Å². The van der Waals surface area contributed by atoms with Crippen LogP contribution in [-0.2, 0) is 0 Å². The summed E-state index contributed by atoms with van der Waals surface area (Å²) < 4.78 is 0. The zero-order chi connectivity index (χ0) is 12.9. The van der Waals surface area contributed by atoms with Gasteiger partial charge in [-0.2, -0.15) is 0 Å². The molecule has 0 aromatic carbocycles. The van der Waals surface area contributed by atoms with Crippen LogP contribution in [-0.4, -0.2) is 19.9 Å². The van der Waals surface area contributed by atoms with E-state index in [0.29, 0.717) is 11.8 Å². The Kier molecular flexibility index (Phi) is 3.10. The average Bonchev–Trinajstić information content (AvgIpc) is 2.49. The van der Waals surface area contributed by atoms with Crippen LogP contribution in [0.4, 0.5) is 11.8 Å². The molecule has 0 spiro atoms. The van der Waals surface area contributed by atoms with Gasteiger partial charge in [-0.25, -0.2) is 15.0 Å². The molecule has 5 nitrogen and oxygen atoms in total. The first-order chi connectivity index (χ1) is 9.42. The van der Waals surface area contributed by atoms with Gasteiger partial charge in [0.2, 0.25) is 5.95 Å². The Morgan fingerprint density at radius 2 is 1.47 bits per heavy atom. The minimum atomic E-state index is 0.521. The summed E-state index contributed by atoms with van der Waals surface area (Å²) in [6.07, 6.45) is 5.10. The number of rotatable bonds is 3. The van der Waals surface area contributed by atoms with Gasteiger partial charge in [-0.15, -0.1) is 0 Å². The third-order valence-electron chi connectivity index (χ3n) is 2.48. The number of nitrogens with zero attached hydrogens (tertiary/aromatic N) is 4. The van der Waals surface area contributed by atoms with Crippen molar-refractivity contribution in [3.63, 3.8) is 0 Å². The van der Waals surface area contributed by atoms with Crippen molar-refractivity contribution in [1.29, 1.82) is 0 Å². The first kappa shape index (κ1) is 11.3. The van der Waals surface area contributed by atoms with E-state index in [1.54, 1.807) is 24.7 Å². The van der Waals surface area contributed by atoms with Crippen molar-refractivity contribution in [2.24, 2.45) is 0 Å². The van der Waals surface area contributed by atoms with E-state index in [1.807, 2.05) is 36.4 Å². The Bertz CT molecular complexity index is 655. The molecule has 3 aromatic heterocycles. The molecule has 0 aliphatic heterocycles. The zero-order valence-electron chi connectivity index (χ0n) is 10.1. The molecule has 0 saturated heterocycles. The highest BCUT2D eigenvalue weighted by Gasteiger charge is 2.02. The van der Waals surface area contributed by atoms with E-state index in [9.17, 15) is 0 Å². The Labute approximate surface area is 110 Å². The molecule has 3 rings (SSSR count). The Morgan fingerprint density at radius 1 is 0.684 bits per heavy atom. The second kappa shape index (κ2) is 5.22. The molecule has 3 heterocycles. The molecule has 0 atom stereocenters. The lowest BCUT2D eigenvalue weighted by molar-refractivity contribution is 1.15. The number of pyridine rings is 2. The number of hydrogen-bond acceptors (Lipinski definition) is 5. The van der Waals surface area contributed by atoms with Crippen molar-refractivity contribution >= 4 is 11.8 Å². The minimum Gasteiger partial charge on any atom is -0.309 e. The van der Waals surface area contributed by atoms with Gasteiger partial charge in [0.25, 0.3) is 0 Å². The second-order valence-corrected chi connectivity index (χ2v) is 3.82. The van der Waals surface area contributed by atoms with Crippen molar-refractivity contribution in [2.75, 3.05) is 5.32 Å². The third kappa shape index (κ3) is 2.71. The zero-order valence-corrected chi connectivity index (χ0v) is 10.1. The lowest BCUT2D eigenvalue weighted by Crippen LogP contribution is -1.98. The van der Waals surface area contributed by atoms with E-state index in [0.717, 1.165) is 11.4 Å². The monoisotopic (exact) mass is 249 g/mol. The van der Waals surface area contributed by atoms with Crippen molar-refractivity contribution in [2.45, 2.75) is 0 Å². The summed E-state index contributed by atoms with van der Waals surface area (Å²) in [5.74, 6) is 1.21. The Balaban J connectivity index is 1.89. The SMILES string of the molecule is c1ccc(-c2cccc(Nc3ncccn3)n2)nc1. The fourth-order valence-electron chi connectivity index (χ4n) is 1.64. The third-order valence-corrected chi connectivity index (χ3v) is 2.48. The van der Waals surface area contributed by atoms with Crippen LogP contribution in [0.25, 0.3) is 11.4 Å². The van der Waals surface area contributed by atoms with Gasteiger partial charge in [0, 0.05) is 18.6 Å². The van der Waals surface area contributed by atoms with Gasteiger partial charge < -0.3 is 5.32 Å². The van der Waals surface area contributed by atoms with Crippen LogP contribution in [0.2, 0.25) is 0 Å². The summed E-state index contributed by atoms with van der Waals surface area (Å²) in [6.45, 7) is 0. The van der Waals surface area contributed by atoms with E-state index in [-0.39, 0.29) is 0 Å². The predicted molar refractivity (Wildman–Crippen MR) is 72.8 cm³/mol. The number of anilines is 2. The number of aromatic nitrogens is 4. The highest BCUT2D eigenvalue weighted by atomic mass is 15.1. The van der Waals surface area contributed by atoms with E-state index in [4.69, 9.17) is 0 Å². The normalized spacial score (nSPS) is 10.1. The van der Waals surface area contributed by atoms with Gasteiger partial charge in [0.05, 0.1) is 11.4 Å². The van der Waals surface area contributed by atoms with Gasteiger partial charge in [0.15, 0.2) is 0 Å². The molecule has 0 radical (unpaired) electrons. The van der Waals surface area contributed by atoms with Crippen molar-refractivity contribution in [3.8, 4) is 11.4 Å². The summed E-state index contributed by atoms with van der Waals surface area (Å²) in [4.78, 5) is 17.0. The summed E-state index contributed by atoms with van der Waals surface area (Å²) in [7, 11) is 0. The molecule has 0 saturated carbocycles. The summed E-state index contributed by atoms with van der Waals surface area (Å²) >= 11 is 0. The first-order valence-electron chi connectivity index (χ1n) is 5.84. The molecule has 92 valence electrons. The van der Waals surface area contributed by atoms with Crippen LogP contribution in [0.5, 0.6) is 0 Å². The topological polar surface area (TPSA) is 63.6 Å². The summed E-state index contributed by atoms with van der Waals surface area (Å²) in [5, 5.41) is 3.05. The molecule has 0 amide bonds. The summed E-state index contributed by atoms with van der Waals surface area (Å²) in [6, 6.07) is 13.2. The molecular weight excluding hydrogens is 238 g/mol. The van der Waals surface area contributed by atoms with E-state index in [2.05, 4.69) is 25.3 Å². The highest BCUT2D eigenvalue weighted by Crippen LogP contribution is 2.17. The van der Waals surface area contributed by atoms with E-state index >= 15 is 0 Å². The quantitative estimate of drug-likeness (QED) is 0.773. The van der Waals surface area contributed by atoms with Gasteiger partial charge in [0.1, 0.15) is 5.82 Å². The van der Waals surface area contributed by atoms with Crippen molar-refractivity contribution < 1.29 is 0 Å². The van der Waals surface area contributed by atoms with Gasteiger partial charge in [-0.05, 0) is 30.3 Å². The van der Waals surface area contributed by atoms with Gasteiger partial charge >= 0.3 is 0 Å². The highest BCUT2D eigenvalue weighted by molar-refractivity contribution is 5.58. The number of hydrogen-bond donors (Lipinski definition) is 1. The molecule has 19 heavy (non-hydrogen) atoms.